The largest absolute Gasteiger partial charge is 0.381 e. The molecule has 0 bridgehead atoms. The highest BCUT2D eigenvalue weighted by molar-refractivity contribution is 5.29. The number of hydrogen-bond donors (Lipinski definition) is 1. The monoisotopic (exact) mass is 219 g/mol. The molecule has 1 aromatic rings. The van der Waals surface area contributed by atoms with E-state index in [4.69, 9.17) is 4.74 Å². The Kier molecular flexibility index (Phi) is 3.97. The number of ether oxygens (including phenoxy) is 1. The first kappa shape index (κ1) is 11.6. The Balaban J connectivity index is 2.21. The zero-order chi connectivity index (χ0) is 11.4. The third kappa shape index (κ3) is 2.45. The molecule has 0 aromatic heterocycles. The number of rotatable bonds is 4. The molecule has 1 aliphatic heterocycles. The predicted octanol–water partition coefficient (Wildman–Crippen LogP) is 2.68. The molecule has 1 N–H and O–H groups in total. The average molecular weight is 219 g/mol. The summed E-state index contributed by atoms with van der Waals surface area (Å²) in [6.45, 7) is 7.18. The molecule has 0 aliphatic carbocycles. The topological polar surface area (TPSA) is 21.3 Å². The second-order valence-electron chi connectivity index (χ2n) is 4.52. The zero-order valence-electron chi connectivity index (χ0n) is 10.2. The summed E-state index contributed by atoms with van der Waals surface area (Å²) < 4.78 is 5.51. The van der Waals surface area contributed by atoms with Crippen molar-refractivity contribution >= 4 is 0 Å². The van der Waals surface area contributed by atoms with E-state index < -0.39 is 0 Å². The number of nitrogens with one attached hydrogen (secondary N) is 1. The molecule has 1 saturated heterocycles. The van der Waals surface area contributed by atoms with E-state index in [1.807, 2.05) is 0 Å². The molecule has 2 rings (SSSR count). The van der Waals surface area contributed by atoms with Gasteiger partial charge in [0.05, 0.1) is 6.61 Å². The van der Waals surface area contributed by atoms with Gasteiger partial charge in [-0.25, -0.2) is 0 Å². The third-order valence-corrected chi connectivity index (χ3v) is 3.38. The molecular weight excluding hydrogens is 198 g/mol. The fourth-order valence-corrected chi connectivity index (χ4v) is 2.50. The van der Waals surface area contributed by atoms with Gasteiger partial charge in [0.25, 0.3) is 0 Å². The van der Waals surface area contributed by atoms with Gasteiger partial charge in [-0.1, -0.05) is 31.2 Å². The fraction of sp³-hybridized carbons (Fsp3) is 0.571. The maximum atomic E-state index is 5.51. The Morgan fingerprint density at radius 2 is 2.25 bits per heavy atom. The van der Waals surface area contributed by atoms with Gasteiger partial charge < -0.3 is 10.1 Å². The van der Waals surface area contributed by atoms with Crippen LogP contribution in [-0.4, -0.2) is 19.8 Å². The summed E-state index contributed by atoms with van der Waals surface area (Å²) in [5.74, 6) is 0.626. The van der Waals surface area contributed by atoms with Crippen molar-refractivity contribution in [2.45, 2.75) is 26.3 Å². The van der Waals surface area contributed by atoms with Crippen LogP contribution in [0.3, 0.4) is 0 Å². The SMILES string of the molecule is CCNC(c1ccccc1C)C1CCOC1. The molecule has 0 saturated carbocycles. The van der Waals surface area contributed by atoms with Crippen LogP contribution in [0.15, 0.2) is 24.3 Å². The molecule has 2 atom stereocenters. The first-order valence-corrected chi connectivity index (χ1v) is 6.19. The average Bonchev–Trinajstić information content (AvgIpc) is 2.80. The van der Waals surface area contributed by atoms with E-state index in [9.17, 15) is 0 Å². The van der Waals surface area contributed by atoms with E-state index in [1.165, 1.54) is 17.5 Å². The van der Waals surface area contributed by atoms with E-state index in [1.54, 1.807) is 0 Å². The summed E-state index contributed by atoms with van der Waals surface area (Å²) in [4.78, 5) is 0. The van der Waals surface area contributed by atoms with E-state index >= 15 is 0 Å². The summed E-state index contributed by atoms with van der Waals surface area (Å²) >= 11 is 0. The van der Waals surface area contributed by atoms with Crippen LogP contribution in [0, 0.1) is 12.8 Å². The van der Waals surface area contributed by atoms with Gasteiger partial charge in [-0.3, -0.25) is 0 Å². The Bertz CT molecular complexity index is 331. The van der Waals surface area contributed by atoms with E-state index in [2.05, 4.69) is 43.4 Å². The smallest absolute Gasteiger partial charge is 0.0513 e. The van der Waals surface area contributed by atoms with Gasteiger partial charge >= 0.3 is 0 Å². The first-order valence-electron chi connectivity index (χ1n) is 6.19. The minimum atomic E-state index is 0.452. The highest BCUT2D eigenvalue weighted by Gasteiger charge is 2.26. The van der Waals surface area contributed by atoms with Crippen molar-refractivity contribution in [2.24, 2.45) is 5.92 Å². The summed E-state index contributed by atoms with van der Waals surface area (Å²) in [5, 5.41) is 3.60. The lowest BCUT2D eigenvalue weighted by molar-refractivity contribution is 0.177. The van der Waals surface area contributed by atoms with Gasteiger partial charge in [-0.05, 0) is 31.0 Å². The maximum absolute atomic E-state index is 5.51. The van der Waals surface area contributed by atoms with E-state index in [0.29, 0.717) is 12.0 Å². The molecule has 2 heteroatoms. The molecule has 1 aromatic carbocycles. The molecule has 88 valence electrons. The standard InChI is InChI=1S/C14H21NO/c1-3-15-14(12-8-9-16-10-12)13-7-5-4-6-11(13)2/h4-7,12,14-15H,3,8-10H2,1-2H3. The number of hydrogen-bond acceptors (Lipinski definition) is 2. The second-order valence-corrected chi connectivity index (χ2v) is 4.52. The molecule has 1 heterocycles. The Morgan fingerprint density at radius 3 is 2.88 bits per heavy atom. The molecule has 1 fully saturated rings. The molecule has 0 amide bonds. The van der Waals surface area contributed by atoms with Crippen molar-refractivity contribution in [1.29, 1.82) is 0 Å². The van der Waals surface area contributed by atoms with Crippen LogP contribution in [0.25, 0.3) is 0 Å². The van der Waals surface area contributed by atoms with Crippen LogP contribution in [0.5, 0.6) is 0 Å². The van der Waals surface area contributed by atoms with Crippen LogP contribution in [0.4, 0.5) is 0 Å². The molecule has 0 radical (unpaired) electrons. The normalized spacial score (nSPS) is 22.2. The van der Waals surface area contributed by atoms with Gasteiger partial charge in [0, 0.05) is 18.6 Å². The van der Waals surface area contributed by atoms with Crippen LogP contribution >= 0.6 is 0 Å². The summed E-state index contributed by atoms with van der Waals surface area (Å²) in [7, 11) is 0. The maximum Gasteiger partial charge on any atom is 0.0513 e. The van der Waals surface area contributed by atoms with Crippen molar-refractivity contribution in [3.8, 4) is 0 Å². The summed E-state index contributed by atoms with van der Waals surface area (Å²) in [6.07, 6.45) is 1.17. The molecule has 2 nitrogen and oxygen atoms in total. The summed E-state index contributed by atoms with van der Waals surface area (Å²) in [6, 6.07) is 9.11. The van der Waals surface area contributed by atoms with E-state index in [0.717, 1.165) is 19.8 Å². The van der Waals surface area contributed by atoms with Crippen LogP contribution < -0.4 is 5.32 Å². The predicted molar refractivity (Wildman–Crippen MR) is 66.5 cm³/mol. The lowest BCUT2D eigenvalue weighted by atomic mass is 9.90. The van der Waals surface area contributed by atoms with Crippen molar-refractivity contribution in [3.05, 3.63) is 35.4 Å². The number of aryl methyl sites for hydroxylation is 1. The second kappa shape index (κ2) is 5.46. The molecular formula is C14H21NO. The van der Waals surface area contributed by atoms with Crippen molar-refractivity contribution in [1.82, 2.24) is 5.32 Å². The highest BCUT2D eigenvalue weighted by Crippen LogP contribution is 2.30. The quantitative estimate of drug-likeness (QED) is 0.840. The van der Waals surface area contributed by atoms with Crippen molar-refractivity contribution in [3.63, 3.8) is 0 Å². The van der Waals surface area contributed by atoms with Gasteiger partial charge in [-0.15, -0.1) is 0 Å². The molecule has 1 aliphatic rings. The Labute approximate surface area is 98.0 Å². The van der Waals surface area contributed by atoms with Crippen LogP contribution in [0.1, 0.15) is 30.5 Å². The van der Waals surface area contributed by atoms with Gasteiger partial charge in [-0.2, -0.15) is 0 Å². The Hall–Kier alpha value is -0.860. The third-order valence-electron chi connectivity index (χ3n) is 3.38. The zero-order valence-corrected chi connectivity index (χ0v) is 10.2. The molecule has 16 heavy (non-hydrogen) atoms. The van der Waals surface area contributed by atoms with Crippen molar-refractivity contribution in [2.75, 3.05) is 19.8 Å². The first-order chi connectivity index (χ1) is 7.83. The minimum Gasteiger partial charge on any atom is -0.381 e. The Morgan fingerprint density at radius 1 is 1.44 bits per heavy atom. The highest BCUT2D eigenvalue weighted by atomic mass is 16.5. The summed E-state index contributed by atoms with van der Waals surface area (Å²) in [5.41, 5.74) is 2.81. The van der Waals surface area contributed by atoms with Crippen LogP contribution in [0.2, 0.25) is 0 Å². The van der Waals surface area contributed by atoms with Gasteiger partial charge in [0.1, 0.15) is 0 Å². The molecule has 0 spiro atoms. The van der Waals surface area contributed by atoms with Gasteiger partial charge in [0.2, 0.25) is 0 Å². The van der Waals surface area contributed by atoms with Crippen LogP contribution in [-0.2, 0) is 4.74 Å². The lowest BCUT2D eigenvalue weighted by Crippen LogP contribution is -2.29. The van der Waals surface area contributed by atoms with Crippen molar-refractivity contribution < 1.29 is 4.74 Å². The number of benzene rings is 1. The lowest BCUT2D eigenvalue weighted by Gasteiger charge is -2.25. The minimum absolute atomic E-state index is 0.452. The molecule has 2 unspecified atom stereocenters. The fourth-order valence-electron chi connectivity index (χ4n) is 2.50. The van der Waals surface area contributed by atoms with E-state index in [-0.39, 0.29) is 0 Å². The van der Waals surface area contributed by atoms with Gasteiger partial charge in [0.15, 0.2) is 0 Å².